The Kier molecular flexibility index (Phi) is 4.16. The highest BCUT2D eigenvalue weighted by Crippen LogP contribution is 2.27. The third kappa shape index (κ3) is 2.85. The first-order valence-corrected chi connectivity index (χ1v) is 7.89. The van der Waals surface area contributed by atoms with Crippen molar-refractivity contribution in [2.75, 3.05) is 6.54 Å². The SMILES string of the molecule is Cc1c(C=O)ccc2c1cc(C#N)n2CC1CCNC(=O)CC1. The molecule has 1 aliphatic rings. The Morgan fingerprint density at radius 1 is 1.43 bits per heavy atom. The van der Waals surface area contributed by atoms with Gasteiger partial charge in [0.15, 0.2) is 0 Å². The molecule has 1 aromatic heterocycles. The molecule has 2 heterocycles. The van der Waals surface area contributed by atoms with Crippen LogP contribution in [0.4, 0.5) is 0 Å². The summed E-state index contributed by atoms with van der Waals surface area (Å²) in [5, 5.41) is 13.3. The van der Waals surface area contributed by atoms with Crippen molar-refractivity contribution in [1.29, 1.82) is 5.26 Å². The summed E-state index contributed by atoms with van der Waals surface area (Å²) in [6, 6.07) is 7.83. The molecule has 0 saturated carbocycles. The van der Waals surface area contributed by atoms with E-state index in [1.54, 1.807) is 6.07 Å². The quantitative estimate of drug-likeness (QED) is 0.885. The molecule has 1 unspecified atom stereocenters. The van der Waals surface area contributed by atoms with Crippen LogP contribution in [-0.4, -0.2) is 23.3 Å². The molecule has 1 N–H and O–H groups in total. The minimum Gasteiger partial charge on any atom is -0.356 e. The number of aryl methyl sites for hydroxylation is 1. The second kappa shape index (κ2) is 6.25. The molecule has 1 amide bonds. The topological polar surface area (TPSA) is 74.9 Å². The summed E-state index contributed by atoms with van der Waals surface area (Å²) in [7, 11) is 0. The fraction of sp³-hybridized carbons (Fsp3) is 0.389. The van der Waals surface area contributed by atoms with Gasteiger partial charge in [0.2, 0.25) is 5.91 Å². The van der Waals surface area contributed by atoms with Crippen LogP contribution in [0.5, 0.6) is 0 Å². The van der Waals surface area contributed by atoms with Gasteiger partial charge in [-0.25, -0.2) is 0 Å². The number of aldehydes is 1. The van der Waals surface area contributed by atoms with Gasteiger partial charge in [-0.15, -0.1) is 0 Å². The van der Waals surface area contributed by atoms with E-state index in [9.17, 15) is 14.9 Å². The highest BCUT2D eigenvalue weighted by Gasteiger charge is 2.19. The molecule has 3 rings (SSSR count). The molecule has 118 valence electrons. The lowest BCUT2D eigenvalue weighted by Gasteiger charge is -2.16. The lowest BCUT2D eigenvalue weighted by Crippen LogP contribution is -2.21. The number of hydrogen-bond acceptors (Lipinski definition) is 3. The highest BCUT2D eigenvalue weighted by atomic mass is 16.1. The first-order chi connectivity index (χ1) is 11.1. The van der Waals surface area contributed by atoms with Crippen LogP contribution < -0.4 is 5.32 Å². The van der Waals surface area contributed by atoms with Crippen molar-refractivity contribution in [2.45, 2.75) is 32.7 Å². The summed E-state index contributed by atoms with van der Waals surface area (Å²) >= 11 is 0. The molecule has 0 aliphatic carbocycles. The predicted octanol–water partition coefficient (Wildman–Crippen LogP) is 2.55. The molecule has 0 bridgehead atoms. The predicted molar refractivity (Wildman–Crippen MR) is 87.1 cm³/mol. The average Bonchev–Trinajstić information content (AvgIpc) is 2.78. The van der Waals surface area contributed by atoms with Gasteiger partial charge in [0.1, 0.15) is 18.0 Å². The van der Waals surface area contributed by atoms with E-state index in [2.05, 4.69) is 11.4 Å². The molecule has 1 saturated heterocycles. The lowest BCUT2D eigenvalue weighted by molar-refractivity contribution is -0.120. The molecule has 1 aromatic carbocycles. The fourth-order valence-electron chi connectivity index (χ4n) is 3.33. The summed E-state index contributed by atoms with van der Waals surface area (Å²) in [5.41, 5.74) is 3.15. The van der Waals surface area contributed by atoms with Crippen LogP contribution in [-0.2, 0) is 11.3 Å². The Morgan fingerprint density at radius 3 is 3.00 bits per heavy atom. The number of amides is 1. The Hall–Kier alpha value is -2.61. The lowest BCUT2D eigenvalue weighted by atomic mass is 10.0. The number of aromatic nitrogens is 1. The van der Waals surface area contributed by atoms with Gasteiger partial charge in [0.05, 0.1) is 0 Å². The molecule has 2 aromatic rings. The number of rotatable bonds is 3. The molecule has 1 fully saturated rings. The second-order valence-corrected chi connectivity index (χ2v) is 6.13. The molecule has 0 spiro atoms. The minimum atomic E-state index is 0.108. The fourth-order valence-corrected chi connectivity index (χ4v) is 3.33. The van der Waals surface area contributed by atoms with E-state index in [0.717, 1.165) is 42.1 Å². The number of benzene rings is 1. The van der Waals surface area contributed by atoms with Crippen LogP contribution >= 0.6 is 0 Å². The van der Waals surface area contributed by atoms with E-state index in [-0.39, 0.29) is 5.91 Å². The first kappa shape index (κ1) is 15.3. The van der Waals surface area contributed by atoms with Crippen LogP contribution in [0.1, 0.15) is 40.9 Å². The maximum Gasteiger partial charge on any atom is 0.220 e. The zero-order valence-corrected chi connectivity index (χ0v) is 13.1. The van der Waals surface area contributed by atoms with Crippen LogP contribution in [0.25, 0.3) is 10.9 Å². The van der Waals surface area contributed by atoms with Crippen LogP contribution in [0.2, 0.25) is 0 Å². The van der Waals surface area contributed by atoms with Crippen molar-refractivity contribution >= 4 is 23.1 Å². The average molecular weight is 309 g/mol. The van der Waals surface area contributed by atoms with Crippen molar-refractivity contribution in [3.63, 3.8) is 0 Å². The van der Waals surface area contributed by atoms with E-state index in [1.165, 1.54) is 0 Å². The zero-order valence-electron chi connectivity index (χ0n) is 13.1. The Morgan fingerprint density at radius 2 is 2.26 bits per heavy atom. The summed E-state index contributed by atoms with van der Waals surface area (Å²) < 4.78 is 2.03. The summed E-state index contributed by atoms with van der Waals surface area (Å²) in [5.74, 6) is 0.472. The Balaban J connectivity index is 1.99. The van der Waals surface area contributed by atoms with Gasteiger partial charge in [-0.1, -0.05) is 0 Å². The molecule has 5 nitrogen and oxygen atoms in total. The molecule has 0 radical (unpaired) electrons. The Labute approximate surface area is 134 Å². The van der Waals surface area contributed by atoms with Crippen molar-refractivity contribution < 1.29 is 9.59 Å². The van der Waals surface area contributed by atoms with Crippen molar-refractivity contribution in [1.82, 2.24) is 9.88 Å². The summed E-state index contributed by atoms with van der Waals surface area (Å²) in [6.07, 6.45) is 3.14. The largest absolute Gasteiger partial charge is 0.356 e. The Bertz CT molecular complexity index is 814. The maximum atomic E-state index is 11.5. The van der Waals surface area contributed by atoms with E-state index < -0.39 is 0 Å². The zero-order chi connectivity index (χ0) is 16.4. The van der Waals surface area contributed by atoms with E-state index in [4.69, 9.17) is 0 Å². The molecular formula is C18H19N3O2. The summed E-state index contributed by atoms with van der Waals surface area (Å²) in [6.45, 7) is 3.33. The van der Waals surface area contributed by atoms with Gasteiger partial charge in [0.25, 0.3) is 0 Å². The minimum absolute atomic E-state index is 0.108. The summed E-state index contributed by atoms with van der Waals surface area (Å²) in [4.78, 5) is 22.6. The van der Waals surface area contributed by atoms with Crippen molar-refractivity contribution in [2.24, 2.45) is 5.92 Å². The number of carbonyl (C=O) groups is 2. The van der Waals surface area contributed by atoms with E-state index in [0.29, 0.717) is 30.1 Å². The van der Waals surface area contributed by atoms with E-state index >= 15 is 0 Å². The van der Waals surface area contributed by atoms with Gasteiger partial charge < -0.3 is 9.88 Å². The number of carbonyl (C=O) groups excluding carboxylic acids is 2. The molecule has 23 heavy (non-hydrogen) atoms. The molecule has 1 aliphatic heterocycles. The van der Waals surface area contributed by atoms with Crippen molar-refractivity contribution in [3.05, 3.63) is 35.0 Å². The smallest absolute Gasteiger partial charge is 0.220 e. The monoisotopic (exact) mass is 309 g/mol. The second-order valence-electron chi connectivity index (χ2n) is 6.13. The van der Waals surface area contributed by atoms with Crippen LogP contribution in [0.3, 0.4) is 0 Å². The van der Waals surface area contributed by atoms with Crippen molar-refractivity contribution in [3.8, 4) is 6.07 Å². The molecule has 5 heteroatoms. The third-order valence-electron chi connectivity index (χ3n) is 4.73. The van der Waals surface area contributed by atoms with E-state index in [1.807, 2.05) is 23.6 Å². The molecular weight excluding hydrogens is 290 g/mol. The van der Waals surface area contributed by atoms with Gasteiger partial charge in [-0.05, 0) is 49.4 Å². The van der Waals surface area contributed by atoms with Gasteiger partial charge in [0, 0.05) is 36.0 Å². The number of nitrogens with zero attached hydrogens (tertiary/aromatic N) is 2. The number of hydrogen-bond donors (Lipinski definition) is 1. The first-order valence-electron chi connectivity index (χ1n) is 7.89. The molecule has 1 atom stereocenters. The van der Waals surface area contributed by atoms with Crippen LogP contribution in [0, 0.1) is 24.2 Å². The van der Waals surface area contributed by atoms with Gasteiger partial charge in [-0.3, -0.25) is 9.59 Å². The number of fused-ring (bicyclic) bond motifs is 1. The highest BCUT2D eigenvalue weighted by molar-refractivity contribution is 5.92. The maximum absolute atomic E-state index is 11.5. The normalized spacial score (nSPS) is 18.3. The standard InChI is InChI=1S/C18H19N3O2/c1-12-14(11-22)3-4-17-16(12)8-15(9-19)21(17)10-13-2-5-18(23)20-7-6-13/h3-4,8,11,13H,2,5-7,10H2,1H3,(H,20,23). The van der Waals surface area contributed by atoms with Gasteiger partial charge >= 0.3 is 0 Å². The van der Waals surface area contributed by atoms with Crippen LogP contribution in [0.15, 0.2) is 18.2 Å². The number of nitrogens with one attached hydrogen (secondary N) is 1. The number of nitriles is 1. The third-order valence-corrected chi connectivity index (χ3v) is 4.73. The van der Waals surface area contributed by atoms with Gasteiger partial charge in [-0.2, -0.15) is 5.26 Å².